The molecule has 8 aromatic carbocycles. The molecule has 2 heteroatoms. The summed E-state index contributed by atoms with van der Waals surface area (Å²) in [5, 5.41) is 7.48. The van der Waals surface area contributed by atoms with Crippen LogP contribution in [0.25, 0.3) is 88.0 Å². The number of rotatable bonds is 4. The number of para-hydroxylation sites is 2. The first-order valence-corrected chi connectivity index (χ1v) is 16.5. The van der Waals surface area contributed by atoms with Crippen LogP contribution in [0.3, 0.4) is 0 Å². The van der Waals surface area contributed by atoms with Gasteiger partial charge in [0.25, 0.3) is 0 Å². The second-order valence-electron chi connectivity index (χ2n) is 12.6. The molecule has 0 aliphatic rings. The van der Waals surface area contributed by atoms with Crippen molar-refractivity contribution in [1.29, 1.82) is 0 Å². The highest BCUT2D eigenvalue weighted by Gasteiger charge is 2.22. The number of benzene rings is 8. The molecule has 10 aromatic rings. The molecule has 0 amide bonds. The van der Waals surface area contributed by atoms with E-state index in [0.717, 1.165) is 11.4 Å². The van der Waals surface area contributed by atoms with E-state index in [1.807, 2.05) is 0 Å². The van der Waals surface area contributed by atoms with E-state index < -0.39 is 0 Å². The lowest BCUT2D eigenvalue weighted by molar-refractivity contribution is 1.15. The summed E-state index contributed by atoms with van der Waals surface area (Å²) < 4.78 is 4.98. The van der Waals surface area contributed by atoms with Crippen LogP contribution in [0.2, 0.25) is 0 Å². The molecule has 0 unspecified atom stereocenters. The molecule has 0 radical (unpaired) electrons. The minimum absolute atomic E-state index is 1.14. The van der Waals surface area contributed by atoms with Crippen molar-refractivity contribution in [1.82, 2.24) is 9.13 Å². The molecule has 0 saturated carbocycles. The molecule has 0 spiro atoms. The summed E-state index contributed by atoms with van der Waals surface area (Å²) in [5.74, 6) is 0. The van der Waals surface area contributed by atoms with Crippen molar-refractivity contribution in [3.8, 4) is 33.6 Å². The van der Waals surface area contributed by atoms with Gasteiger partial charge in [0.05, 0.1) is 22.1 Å². The summed E-state index contributed by atoms with van der Waals surface area (Å²) in [6, 6.07) is 66.3. The molecule has 0 atom stereocenters. The zero-order valence-corrected chi connectivity index (χ0v) is 26.2. The zero-order chi connectivity index (χ0) is 31.6. The first kappa shape index (κ1) is 26.8. The largest absolute Gasteiger partial charge is 0.307 e. The van der Waals surface area contributed by atoms with Gasteiger partial charge in [-0.2, -0.15) is 0 Å². The lowest BCUT2D eigenvalue weighted by atomic mass is 9.98. The van der Waals surface area contributed by atoms with E-state index in [0.29, 0.717) is 0 Å². The average Bonchev–Trinajstić information content (AvgIpc) is 3.67. The molecule has 2 aromatic heterocycles. The molecular formula is C46H30N2. The maximum atomic E-state index is 2.52. The van der Waals surface area contributed by atoms with Gasteiger partial charge >= 0.3 is 0 Å². The molecule has 224 valence electrons. The van der Waals surface area contributed by atoms with Gasteiger partial charge in [0.15, 0.2) is 0 Å². The Morgan fingerprint density at radius 3 is 1.42 bits per heavy atom. The fraction of sp³-hybridized carbons (Fsp3) is 0. The molecule has 2 nitrogen and oxygen atoms in total. The third-order valence-electron chi connectivity index (χ3n) is 9.83. The molecule has 10 rings (SSSR count). The highest BCUT2D eigenvalue weighted by Crippen LogP contribution is 2.43. The summed E-state index contributed by atoms with van der Waals surface area (Å²) >= 11 is 0. The van der Waals surface area contributed by atoms with Crippen LogP contribution in [-0.4, -0.2) is 9.13 Å². The topological polar surface area (TPSA) is 9.86 Å². The van der Waals surface area contributed by atoms with Crippen LogP contribution in [0, 0.1) is 0 Å². The normalized spacial score (nSPS) is 11.8. The molecular weight excluding hydrogens is 581 g/mol. The Morgan fingerprint density at radius 2 is 0.771 bits per heavy atom. The number of nitrogens with zero attached hydrogens (tertiary/aromatic N) is 2. The van der Waals surface area contributed by atoms with E-state index in [1.54, 1.807) is 0 Å². The van der Waals surface area contributed by atoms with Crippen LogP contribution in [-0.2, 0) is 0 Å². The van der Waals surface area contributed by atoms with Gasteiger partial charge in [-0.25, -0.2) is 0 Å². The van der Waals surface area contributed by atoms with Crippen molar-refractivity contribution in [2.75, 3.05) is 0 Å². The highest BCUT2D eigenvalue weighted by molar-refractivity contribution is 6.25. The van der Waals surface area contributed by atoms with Crippen molar-refractivity contribution < 1.29 is 0 Å². The average molecular weight is 611 g/mol. The molecule has 0 aliphatic carbocycles. The Kier molecular flexibility index (Phi) is 5.91. The number of aromatic nitrogens is 2. The van der Waals surface area contributed by atoms with Gasteiger partial charge in [-0.05, 0) is 81.6 Å². The summed E-state index contributed by atoms with van der Waals surface area (Å²) in [6.45, 7) is 0. The molecule has 0 saturated heterocycles. The van der Waals surface area contributed by atoms with Crippen molar-refractivity contribution >= 4 is 54.4 Å². The second-order valence-corrected chi connectivity index (χ2v) is 12.6. The predicted molar refractivity (Wildman–Crippen MR) is 203 cm³/mol. The van der Waals surface area contributed by atoms with Crippen LogP contribution >= 0.6 is 0 Å². The summed E-state index contributed by atoms with van der Waals surface area (Å²) in [7, 11) is 0. The van der Waals surface area contributed by atoms with Crippen molar-refractivity contribution in [2.45, 2.75) is 0 Å². The number of fused-ring (bicyclic) bond motifs is 8. The molecule has 0 N–H and O–H groups in total. The first-order valence-electron chi connectivity index (χ1n) is 16.5. The third kappa shape index (κ3) is 4.06. The predicted octanol–water partition coefficient (Wildman–Crippen LogP) is 12.4. The van der Waals surface area contributed by atoms with Crippen molar-refractivity contribution in [3.63, 3.8) is 0 Å². The SMILES string of the molecule is c1ccc(-c2cc(-c3ccccc3)cc(-n3c4cc5ccccc5cc4c4ccc5c6ccccc6n(-c6ccccc6)c5c43)c2)cc1. The number of hydrogen-bond acceptors (Lipinski definition) is 0. The van der Waals surface area contributed by atoms with Gasteiger partial charge in [0.1, 0.15) is 0 Å². The lowest BCUT2D eigenvalue weighted by Crippen LogP contribution is -1.99. The summed E-state index contributed by atoms with van der Waals surface area (Å²) in [6.07, 6.45) is 0. The smallest absolute Gasteiger partial charge is 0.0788 e. The fourth-order valence-electron chi connectivity index (χ4n) is 7.68. The Balaban J connectivity index is 1.43. The van der Waals surface area contributed by atoms with Crippen molar-refractivity contribution in [2.24, 2.45) is 0 Å². The lowest BCUT2D eigenvalue weighted by Gasteiger charge is -2.16. The van der Waals surface area contributed by atoms with Gasteiger partial charge in [-0.3, -0.25) is 0 Å². The van der Waals surface area contributed by atoms with E-state index in [1.165, 1.54) is 76.6 Å². The quantitative estimate of drug-likeness (QED) is 0.188. The Labute approximate surface area is 278 Å². The molecule has 2 heterocycles. The standard InChI is InChI=1S/C46H30N2/c1-4-14-31(15-5-1)35-26-36(32-16-6-2-7-17-32)28-38(27-35)48-44-30-34-19-11-10-18-33(34)29-42(44)41-25-24-40-39-22-12-13-23-43(39)47(45(40)46(41)48)37-20-8-3-9-21-37/h1-30H. The Morgan fingerprint density at radius 1 is 0.271 bits per heavy atom. The minimum atomic E-state index is 1.14. The van der Waals surface area contributed by atoms with Gasteiger partial charge in [-0.1, -0.05) is 133 Å². The maximum Gasteiger partial charge on any atom is 0.0788 e. The van der Waals surface area contributed by atoms with Crippen LogP contribution in [0.1, 0.15) is 0 Å². The van der Waals surface area contributed by atoms with E-state index >= 15 is 0 Å². The summed E-state index contributed by atoms with van der Waals surface area (Å²) in [4.78, 5) is 0. The fourth-order valence-corrected chi connectivity index (χ4v) is 7.68. The highest BCUT2D eigenvalue weighted by atomic mass is 15.0. The van der Waals surface area contributed by atoms with Crippen LogP contribution < -0.4 is 0 Å². The first-order chi connectivity index (χ1) is 23.8. The zero-order valence-electron chi connectivity index (χ0n) is 26.2. The molecule has 0 fully saturated rings. The molecule has 48 heavy (non-hydrogen) atoms. The Hall–Kier alpha value is -6.38. The number of hydrogen-bond donors (Lipinski definition) is 0. The van der Waals surface area contributed by atoms with E-state index in [2.05, 4.69) is 191 Å². The monoisotopic (exact) mass is 610 g/mol. The summed E-state index contributed by atoms with van der Waals surface area (Å²) in [5.41, 5.74) is 11.9. The van der Waals surface area contributed by atoms with Gasteiger partial charge < -0.3 is 9.13 Å². The molecule has 0 aliphatic heterocycles. The van der Waals surface area contributed by atoms with E-state index in [-0.39, 0.29) is 0 Å². The maximum absolute atomic E-state index is 2.52. The van der Waals surface area contributed by atoms with Crippen LogP contribution in [0.4, 0.5) is 0 Å². The van der Waals surface area contributed by atoms with Gasteiger partial charge in [0, 0.05) is 32.9 Å². The van der Waals surface area contributed by atoms with Crippen molar-refractivity contribution in [3.05, 3.63) is 182 Å². The van der Waals surface area contributed by atoms with Crippen LogP contribution in [0.5, 0.6) is 0 Å². The third-order valence-corrected chi connectivity index (χ3v) is 9.83. The van der Waals surface area contributed by atoms with Crippen LogP contribution in [0.15, 0.2) is 182 Å². The minimum Gasteiger partial charge on any atom is -0.307 e. The van der Waals surface area contributed by atoms with E-state index in [4.69, 9.17) is 0 Å². The van der Waals surface area contributed by atoms with Gasteiger partial charge in [-0.15, -0.1) is 0 Å². The second kappa shape index (κ2) is 10.6. The van der Waals surface area contributed by atoms with Gasteiger partial charge in [0.2, 0.25) is 0 Å². The Bertz CT molecular complexity index is 2750. The molecule has 0 bridgehead atoms. The van der Waals surface area contributed by atoms with E-state index in [9.17, 15) is 0 Å².